The highest BCUT2D eigenvalue weighted by molar-refractivity contribution is 5.85. The summed E-state index contributed by atoms with van der Waals surface area (Å²) in [6.45, 7) is 2.71. The molecule has 0 spiro atoms. The highest BCUT2D eigenvalue weighted by Crippen LogP contribution is 2.28. The van der Waals surface area contributed by atoms with Gasteiger partial charge in [-0.05, 0) is 5.53 Å². The van der Waals surface area contributed by atoms with Crippen molar-refractivity contribution in [2.45, 2.75) is 0 Å². The van der Waals surface area contributed by atoms with E-state index in [1.807, 2.05) is 0 Å². The van der Waals surface area contributed by atoms with Crippen LogP contribution in [0.1, 0.15) is 0 Å². The van der Waals surface area contributed by atoms with E-state index in [2.05, 4.69) is 15.3 Å². The molecule has 0 aromatic heterocycles. The van der Waals surface area contributed by atoms with Gasteiger partial charge in [-0.25, -0.2) is 8.78 Å². The number of azide groups is 1. The second-order valence-corrected chi connectivity index (χ2v) is 4.28. The molecule has 116 valence electrons. The van der Waals surface area contributed by atoms with E-state index in [4.69, 9.17) is 10.3 Å². The fourth-order valence-electron chi connectivity index (χ4n) is 2.07. The van der Waals surface area contributed by atoms with Crippen molar-refractivity contribution in [2.24, 2.45) is 5.11 Å². The highest BCUT2D eigenvalue weighted by Gasteiger charge is 2.20. The second-order valence-electron chi connectivity index (χ2n) is 4.28. The molecular weight excluding hydrogens is 304 g/mol. The van der Waals surface area contributed by atoms with Gasteiger partial charge in [0, 0.05) is 43.2 Å². The Kier molecular flexibility index (Phi) is 7.01. The van der Waals surface area contributed by atoms with Crippen LogP contribution < -0.4 is 15.0 Å². The lowest BCUT2D eigenvalue weighted by Gasteiger charge is -2.30. The first-order valence-corrected chi connectivity index (χ1v) is 6.30. The number of piperazine rings is 1. The van der Waals surface area contributed by atoms with Crippen molar-refractivity contribution in [3.8, 4) is 5.75 Å². The summed E-state index contributed by atoms with van der Waals surface area (Å²) in [5.74, 6) is -1.21. The van der Waals surface area contributed by atoms with Gasteiger partial charge in [-0.15, -0.1) is 12.4 Å². The molecule has 2 rings (SSSR count). The number of nitrogens with one attached hydrogen (secondary N) is 1. The zero-order chi connectivity index (χ0) is 14.4. The molecule has 1 aromatic rings. The van der Waals surface area contributed by atoms with Crippen molar-refractivity contribution in [2.75, 3.05) is 44.2 Å². The van der Waals surface area contributed by atoms with Gasteiger partial charge >= 0.3 is 0 Å². The molecule has 6 nitrogen and oxygen atoms in total. The summed E-state index contributed by atoms with van der Waals surface area (Å²) < 4.78 is 33.1. The van der Waals surface area contributed by atoms with Crippen molar-refractivity contribution in [3.63, 3.8) is 0 Å². The topological polar surface area (TPSA) is 73.3 Å². The fourth-order valence-corrected chi connectivity index (χ4v) is 2.07. The number of anilines is 1. The molecule has 0 bridgehead atoms. The van der Waals surface area contributed by atoms with Gasteiger partial charge in [-0.3, -0.25) is 0 Å². The van der Waals surface area contributed by atoms with E-state index in [-0.39, 0.29) is 37.0 Å². The fraction of sp³-hybridized carbons (Fsp3) is 0.500. The summed E-state index contributed by atoms with van der Waals surface area (Å²) >= 11 is 0. The number of benzene rings is 1. The molecule has 1 N–H and O–H groups in total. The Morgan fingerprint density at radius 1 is 1.29 bits per heavy atom. The molecule has 1 aliphatic rings. The van der Waals surface area contributed by atoms with Crippen molar-refractivity contribution in [1.82, 2.24) is 5.32 Å². The van der Waals surface area contributed by atoms with Gasteiger partial charge < -0.3 is 15.0 Å². The Balaban J connectivity index is 0.00000220. The van der Waals surface area contributed by atoms with E-state index in [1.165, 1.54) is 0 Å². The SMILES string of the molecule is Cl.[N-]=[N+]=NCCOc1cc(F)c(N2CCNCC2)c(F)c1. The van der Waals surface area contributed by atoms with Crippen LogP contribution in [-0.2, 0) is 0 Å². The predicted molar refractivity (Wildman–Crippen MR) is 78.2 cm³/mol. The van der Waals surface area contributed by atoms with Gasteiger partial charge in [0.1, 0.15) is 11.4 Å². The van der Waals surface area contributed by atoms with E-state index < -0.39 is 11.6 Å². The van der Waals surface area contributed by atoms with Crippen LogP contribution in [0.3, 0.4) is 0 Å². The molecule has 1 aromatic carbocycles. The van der Waals surface area contributed by atoms with Gasteiger partial charge in [-0.1, -0.05) is 5.11 Å². The third-order valence-corrected chi connectivity index (χ3v) is 2.95. The minimum atomic E-state index is -0.648. The molecule has 0 radical (unpaired) electrons. The van der Waals surface area contributed by atoms with Crippen LogP contribution in [0.25, 0.3) is 10.4 Å². The van der Waals surface area contributed by atoms with Crippen molar-refractivity contribution >= 4 is 18.1 Å². The number of halogens is 3. The maximum Gasteiger partial charge on any atom is 0.153 e. The zero-order valence-electron chi connectivity index (χ0n) is 11.3. The van der Waals surface area contributed by atoms with Crippen molar-refractivity contribution in [1.29, 1.82) is 0 Å². The predicted octanol–water partition coefficient (Wildman–Crippen LogP) is 2.49. The summed E-state index contributed by atoms with van der Waals surface area (Å²) in [7, 11) is 0. The largest absolute Gasteiger partial charge is 0.493 e. The third-order valence-electron chi connectivity index (χ3n) is 2.95. The number of nitrogens with zero attached hydrogens (tertiary/aromatic N) is 4. The minimum Gasteiger partial charge on any atom is -0.493 e. The van der Waals surface area contributed by atoms with Crippen LogP contribution in [0.4, 0.5) is 14.5 Å². The molecule has 0 aliphatic carbocycles. The van der Waals surface area contributed by atoms with E-state index in [0.717, 1.165) is 12.1 Å². The highest BCUT2D eigenvalue weighted by atomic mass is 35.5. The second kappa shape index (κ2) is 8.51. The number of hydrogen-bond acceptors (Lipinski definition) is 4. The van der Waals surface area contributed by atoms with Gasteiger partial charge in [0.2, 0.25) is 0 Å². The summed E-state index contributed by atoms with van der Waals surface area (Å²) in [6.07, 6.45) is 0. The Labute approximate surface area is 127 Å². The van der Waals surface area contributed by atoms with Gasteiger partial charge in [0.05, 0.1) is 13.2 Å². The first kappa shape index (κ1) is 17.3. The zero-order valence-corrected chi connectivity index (χ0v) is 12.1. The van der Waals surface area contributed by atoms with Gasteiger partial charge in [0.25, 0.3) is 0 Å². The van der Waals surface area contributed by atoms with Crippen LogP contribution >= 0.6 is 12.4 Å². The molecule has 0 unspecified atom stereocenters. The summed E-state index contributed by atoms with van der Waals surface area (Å²) in [4.78, 5) is 4.23. The summed E-state index contributed by atoms with van der Waals surface area (Å²) in [5, 5.41) is 6.40. The Hall–Kier alpha value is -1.76. The van der Waals surface area contributed by atoms with E-state index in [9.17, 15) is 8.78 Å². The summed E-state index contributed by atoms with van der Waals surface area (Å²) in [5.41, 5.74) is 8.08. The van der Waals surface area contributed by atoms with E-state index in [1.54, 1.807) is 4.90 Å². The molecule has 1 aliphatic heterocycles. The van der Waals surface area contributed by atoms with Crippen LogP contribution in [0, 0.1) is 11.6 Å². The van der Waals surface area contributed by atoms with Crippen molar-refractivity contribution < 1.29 is 13.5 Å². The quantitative estimate of drug-likeness (QED) is 0.392. The van der Waals surface area contributed by atoms with E-state index in [0.29, 0.717) is 26.2 Å². The van der Waals surface area contributed by atoms with Crippen LogP contribution in [0.15, 0.2) is 17.2 Å². The number of hydrogen-bond donors (Lipinski definition) is 1. The maximum atomic E-state index is 14.0. The molecule has 9 heteroatoms. The lowest BCUT2D eigenvalue weighted by atomic mass is 10.2. The first-order valence-electron chi connectivity index (χ1n) is 6.30. The average molecular weight is 320 g/mol. The standard InChI is InChI=1S/C12H15F2N5O.ClH/c13-10-7-9(20-6-3-17-18-15)8-11(14)12(10)19-4-1-16-2-5-19;/h7-8,16H,1-6H2;1H. The van der Waals surface area contributed by atoms with Crippen LogP contribution in [0.2, 0.25) is 0 Å². The first-order chi connectivity index (χ1) is 9.72. The Morgan fingerprint density at radius 3 is 2.48 bits per heavy atom. The smallest absolute Gasteiger partial charge is 0.153 e. The Bertz CT molecular complexity index is 495. The lowest BCUT2D eigenvalue weighted by Crippen LogP contribution is -2.44. The molecule has 1 saturated heterocycles. The molecule has 0 amide bonds. The number of ether oxygens (including phenoxy) is 1. The average Bonchev–Trinajstić information content (AvgIpc) is 2.44. The number of rotatable bonds is 5. The third kappa shape index (κ3) is 4.63. The summed E-state index contributed by atoms with van der Waals surface area (Å²) in [6, 6.07) is 2.30. The van der Waals surface area contributed by atoms with Gasteiger partial charge in [-0.2, -0.15) is 0 Å². The Morgan fingerprint density at radius 2 is 1.90 bits per heavy atom. The maximum absolute atomic E-state index is 14.0. The molecular formula is C12H16ClF2N5O. The monoisotopic (exact) mass is 319 g/mol. The minimum absolute atomic E-state index is 0. The molecule has 0 saturated carbocycles. The normalized spacial score (nSPS) is 14.1. The molecule has 1 heterocycles. The van der Waals surface area contributed by atoms with Crippen molar-refractivity contribution in [3.05, 3.63) is 34.2 Å². The van der Waals surface area contributed by atoms with Gasteiger partial charge in [0.15, 0.2) is 11.6 Å². The molecule has 21 heavy (non-hydrogen) atoms. The lowest BCUT2D eigenvalue weighted by molar-refractivity contribution is 0.324. The van der Waals surface area contributed by atoms with E-state index >= 15 is 0 Å². The van der Waals surface area contributed by atoms with Crippen LogP contribution in [-0.4, -0.2) is 39.3 Å². The molecule has 0 atom stereocenters. The van der Waals surface area contributed by atoms with Crippen LogP contribution in [0.5, 0.6) is 5.75 Å². The molecule has 1 fully saturated rings.